The smallest absolute Gasteiger partial charge is 0.138 e. The minimum Gasteiger partial charge on any atom is -0.489 e. The normalized spacial score (nSPS) is 10.8. The van der Waals surface area contributed by atoms with Gasteiger partial charge in [-0.2, -0.15) is 0 Å². The van der Waals surface area contributed by atoms with Crippen LogP contribution in [0.1, 0.15) is 25.2 Å². The van der Waals surface area contributed by atoms with Crippen LogP contribution in [0.5, 0.6) is 5.75 Å². The highest BCUT2D eigenvalue weighted by Gasteiger charge is 2.07. The fourth-order valence-electron chi connectivity index (χ4n) is 1.70. The van der Waals surface area contributed by atoms with Crippen LogP contribution in [-0.2, 0) is 0 Å². The highest BCUT2D eigenvalue weighted by atomic mass is 32.1. The minimum atomic E-state index is 0.110. The summed E-state index contributed by atoms with van der Waals surface area (Å²) in [5.41, 5.74) is 3.51. The number of aromatic amines is 1. The molecule has 0 aliphatic heterocycles. The molecule has 100 valence electrons. The van der Waals surface area contributed by atoms with E-state index in [0.29, 0.717) is 4.64 Å². The van der Waals surface area contributed by atoms with Gasteiger partial charge in [-0.05, 0) is 33.8 Å². The van der Waals surface area contributed by atoms with Crippen LogP contribution in [0.25, 0.3) is 11.3 Å². The number of aryl methyl sites for hydroxylation is 2. The molecular formula is C14H17N3OS. The van der Waals surface area contributed by atoms with Crippen LogP contribution in [0.3, 0.4) is 0 Å². The maximum atomic E-state index is 5.64. The van der Waals surface area contributed by atoms with Gasteiger partial charge >= 0.3 is 0 Å². The van der Waals surface area contributed by atoms with Crippen molar-refractivity contribution >= 4 is 12.2 Å². The molecule has 2 aromatic heterocycles. The van der Waals surface area contributed by atoms with Gasteiger partial charge in [0.1, 0.15) is 16.1 Å². The van der Waals surface area contributed by atoms with Crippen LogP contribution in [0, 0.1) is 18.5 Å². The van der Waals surface area contributed by atoms with E-state index in [9.17, 15) is 0 Å². The fraction of sp³-hybridized carbons (Fsp3) is 0.357. The van der Waals surface area contributed by atoms with Crippen molar-refractivity contribution in [3.63, 3.8) is 0 Å². The Morgan fingerprint density at radius 1 is 1.26 bits per heavy atom. The molecule has 0 bridgehead atoms. The summed E-state index contributed by atoms with van der Waals surface area (Å²) in [5.74, 6) is 0.724. The number of hydrogen-bond donors (Lipinski definition) is 1. The molecule has 2 rings (SSSR count). The highest BCUT2D eigenvalue weighted by molar-refractivity contribution is 7.71. The Hall–Kier alpha value is -1.75. The van der Waals surface area contributed by atoms with Crippen molar-refractivity contribution in [3.05, 3.63) is 34.5 Å². The summed E-state index contributed by atoms with van der Waals surface area (Å²) in [6, 6.07) is 1.91. The lowest BCUT2D eigenvalue weighted by molar-refractivity contribution is 0.241. The molecule has 19 heavy (non-hydrogen) atoms. The lowest BCUT2D eigenvalue weighted by Gasteiger charge is -2.10. The Kier molecular flexibility index (Phi) is 3.95. The first-order chi connectivity index (χ1) is 8.97. The standard InChI is InChI=1S/C14H17N3OS/c1-8(2)18-12-5-11(6-15-7-12)13-14(19)17-10(4)9(3)16-13/h5-8H,1-4H3,(H,17,19). The number of rotatable bonds is 3. The topological polar surface area (TPSA) is 50.8 Å². The van der Waals surface area contributed by atoms with E-state index in [4.69, 9.17) is 17.0 Å². The van der Waals surface area contributed by atoms with E-state index in [0.717, 1.165) is 28.4 Å². The molecule has 0 unspecified atom stereocenters. The van der Waals surface area contributed by atoms with Gasteiger partial charge in [0, 0.05) is 17.5 Å². The van der Waals surface area contributed by atoms with E-state index >= 15 is 0 Å². The zero-order valence-corrected chi connectivity index (χ0v) is 12.3. The summed E-state index contributed by atoms with van der Waals surface area (Å²) in [7, 11) is 0. The predicted molar refractivity (Wildman–Crippen MR) is 77.9 cm³/mol. The van der Waals surface area contributed by atoms with Gasteiger partial charge in [0.2, 0.25) is 0 Å². The summed E-state index contributed by atoms with van der Waals surface area (Å²) in [6.45, 7) is 7.87. The summed E-state index contributed by atoms with van der Waals surface area (Å²) < 4.78 is 6.25. The van der Waals surface area contributed by atoms with Gasteiger partial charge in [-0.25, -0.2) is 4.98 Å². The van der Waals surface area contributed by atoms with Crippen molar-refractivity contribution in [1.29, 1.82) is 0 Å². The molecule has 0 atom stereocenters. The molecule has 2 aromatic rings. The van der Waals surface area contributed by atoms with Crippen LogP contribution >= 0.6 is 12.2 Å². The maximum absolute atomic E-state index is 5.64. The first-order valence-electron chi connectivity index (χ1n) is 6.17. The molecule has 0 saturated carbocycles. The lowest BCUT2D eigenvalue weighted by Crippen LogP contribution is -2.06. The highest BCUT2D eigenvalue weighted by Crippen LogP contribution is 2.22. The lowest BCUT2D eigenvalue weighted by atomic mass is 10.2. The third-order valence-electron chi connectivity index (χ3n) is 2.70. The van der Waals surface area contributed by atoms with E-state index in [-0.39, 0.29) is 6.10 Å². The molecule has 0 spiro atoms. The van der Waals surface area contributed by atoms with Crippen molar-refractivity contribution < 1.29 is 4.74 Å². The van der Waals surface area contributed by atoms with Crippen LogP contribution in [0.2, 0.25) is 0 Å². The van der Waals surface area contributed by atoms with E-state index < -0.39 is 0 Å². The Bertz CT molecular complexity index is 649. The largest absolute Gasteiger partial charge is 0.489 e. The second kappa shape index (κ2) is 5.48. The number of ether oxygens (including phenoxy) is 1. The van der Waals surface area contributed by atoms with Crippen LogP contribution in [-0.4, -0.2) is 21.1 Å². The third-order valence-corrected chi connectivity index (χ3v) is 2.99. The Morgan fingerprint density at radius 3 is 2.68 bits per heavy atom. The third kappa shape index (κ3) is 3.17. The van der Waals surface area contributed by atoms with Crippen LogP contribution in [0.4, 0.5) is 0 Å². The second-order valence-corrected chi connectivity index (χ2v) is 5.11. The molecule has 0 aliphatic carbocycles. The van der Waals surface area contributed by atoms with Gasteiger partial charge < -0.3 is 9.72 Å². The quantitative estimate of drug-likeness (QED) is 0.869. The molecule has 0 saturated heterocycles. The van der Waals surface area contributed by atoms with Gasteiger partial charge in [-0.3, -0.25) is 4.98 Å². The number of nitrogens with zero attached hydrogens (tertiary/aromatic N) is 2. The van der Waals surface area contributed by atoms with Crippen molar-refractivity contribution in [1.82, 2.24) is 15.0 Å². The Morgan fingerprint density at radius 2 is 2.00 bits per heavy atom. The first-order valence-corrected chi connectivity index (χ1v) is 6.58. The molecule has 4 nitrogen and oxygen atoms in total. The molecule has 1 N–H and O–H groups in total. The second-order valence-electron chi connectivity index (χ2n) is 4.70. The Balaban J connectivity index is 2.47. The molecule has 0 aromatic carbocycles. The zero-order valence-electron chi connectivity index (χ0n) is 11.5. The fourth-order valence-corrected chi connectivity index (χ4v) is 2.02. The van der Waals surface area contributed by atoms with E-state index in [1.807, 2.05) is 33.8 Å². The minimum absolute atomic E-state index is 0.110. The Labute approximate surface area is 117 Å². The predicted octanol–water partition coefficient (Wildman–Crippen LogP) is 3.61. The molecular weight excluding hydrogens is 258 g/mol. The average Bonchev–Trinajstić information content (AvgIpc) is 2.33. The van der Waals surface area contributed by atoms with Gasteiger partial charge in [-0.1, -0.05) is 12.2 Å². The van der Waals surface area contributed by atoms with Crippen LogP contribution < -0.4 is 4.74 Å². The van der Waals surface area contributed by atoms with Crippen molar-refractivity contribution in [2.75, 3.05) is 0 Å². The average molecular weight is 275 g/mol. The van der Waals surface area contributed by atoms with Gasteiger partial charge in [-0.15, -0.1) is 0 Å². The number of nitrogens with one attached hydrogen (secondary N) is 1. The summed E-state index contributed by atoms with van der Waals surface area (Å²) in [6.07, 6.45) is 3.55. The first kappa shape index (κ1) is 13.7. The molecule has 0 aliphatic rings. The van der Waals surface area contributed by atoms with E-state index in [1.165, 1.54) is 0 Å². The van der Waals surface area contributed by atoms with E-state index in [1.54, 1.807) is 12.4 Å². The number of aromatic nitrogens is 3. The number of H-pyrrole nitrogens is 1. The maximum Gasteiger partial charge on any atom is 0.138 e. The number of hydrogen-bond acceptors (Lipinski definition) is 4. The van der Waals surface area contributed by atoms with E-state index in [2.05, 4.69) is 15.0 Å². The monoisotopic (exact) mass is 275 g/mol. The van der Waals surface area contributed by atoms with Crippen LogP contribution in [0.15, 0.2) is 18.5 Å². The molecule has 0 amide bonds. The number of pyridine rings is 1. The zero-order chi connectivity index (χ0) is 14.0. The van der Waals surface area contributed by atoms with Crippen molar-refractivity contribution in [3.8, 4) is 17.0 Å². The molecule has 0 radical (unpaired) electrons. The summed E-state index contributed by atoms with van der Waals surface area (Å²) in [4.78, 5) is 11.9. The van der Waals surface area contributed by atoms with Gasteiger partial charge in [0.15, 0.2) is 0 Å². The summed E-state index contributed by atoms with van der Waals surface area (Å²) >= 11 is 5.33. The SMILES string of the molecule is Cc1nc(-c2cncc(OC(C)C)c2)c(=S)[nH]c1C. The summed E-state index contributed by atoms with van der Waals surface area (Å²) in [5, 5.41) is 0. The van der Waals surface area contributed by atoms with Crippen molar-refractivity contribution in [2.24, 2.45) is 0 Å². The molecule has 0 fully saturated rings. The molecule has 5 heteroatoms. The van der Waals surface area contributed by atoms with Gasteiger partial charge in [0.25, 0.3) is 0 Å². The molecule has 2 heterocycles. The van der Waals surface area contributed by atoms with Crippen molar-refractivity contribution in [2.45, 2.75) is 33.8 Å². The van der Waals surface area contributed by atoms with Gasteiger partial charge in [0.05, 0.1) is 18.0 Å².